The van der Waals surface area contributed by atoms with Crippen molar-refractivity contribution < 1.29 is 0 Å². The van der Waals surface area contributed by atoms with Crippen molar-refractivity contribution in [1.82, 2.24) is 0 Å². The van der Waals surface area contributed by atoms with Gasteiger partial charge < -0.3 is 11.5 Å². The van der Waals surface area contributed by atoms with Gasteiger partial charge in [-0.05, 0) is 50.6 Å². The van der Waals surface area contributed by atoms with E-state index >= 15 is 0 Å². The number of nitrogens with two attached hydrogens (primary N) is 2. The molecule has 4 N–H and O–H groups in total. The van der Waals surface area contributed by atoms with Crippen LogP contribution in [0.3, 0.4) is 0 Å². The fraction of sp³-hybridized carbons (Fsp3) is 1.00. The molecule has 2 atom stereocenters. The molecule has 26 heavy (non-hydrogen) atoms. The predicted molar refractivity (Wildman–Crippen MR) is 120 cm³/mol. The predicted octanol–water partition coefficient (Wildman–Crippen LogP) is 7.20. The van der Waals surface area contributed by atoms with Crippen molar-refractivity contribution in [1.29, 1.82) is 0 Å². The SMILES string of the molecule is CCCCCCCCC(CN)CCCCC(CN)CCCCCCCC. The second-order valence-corrected chi connectivity index (χ2v) is 8.60. The van der Waals surface area contributed by atoms with Gasteiger partial charge >= 0.3 is 0 Å². The summed E-state index contributed by atoms with van der Waals surface area (Å²) < 4.78 is 0. The Balaban J connectivity index is 3.58. The summed E-state index contributed by atoms with van der Waals surface area (Å²) in [5.41, 5.74) is 12.0. The summed E-state index contributed by atoms with van der Waals surface area (Å²) in [4.78, 5) is 0. The Morgan fingerprint density at radius 2 is 0.692 bits per heavy atom. The highest BCUT2D eigenvalue weighted by molar-refractivity contribution is 4.64. The molecule has 0 saturated heterocycles. The fourth-order valence-electron chi connectivity index (χ4n) is 4.05. The highest BCUT2D eigenvalue weighted by atomic mass is 14.5. The van der Waals surface area contributed by atoms with Crippen LogP contribution in [0.4, 0.5) is 0 Å². The zero-order valence-electron chi connectivity index (χ0n) is 18.5. The molecule has 2 nitrogen and oxygen atoms in total. The number of hydrogen-bond acceptors (Lipinski definition) is 2. The molecule has 0 saturated carbocycles. The second kappa shape index (κ2) is 21.2. The smallest absolute Gasteiger partial charge is 0.00489 e. The molecule has 0 amide bonds. The van der Waals surface area contributed by atoms with Crippen LogP contribution < -0.4 is 11.5 Å². The molecule has 0 rings (SSSR count). The molecule has 0 aromatic heterocycles. The summed E-state index contributed by atoms with van der Waals surface area (Å²) in [6.45, 7) is 6.33. The first-order valence-electron chi connectivity index (χ1n) is 12.2. The molecule has 0 aromatic carbocycles. The van der Waals surface area contributed by atoms with Crippen LogP contribution in [-0.2, 0) is 0 Å². The Bertz CT molecular complexity index is 229. The van der Waals surface area contributed by atoms with Gasteiger partial charge in [0.1, 0.15) is 0 Å². The van der Waals surface area contributed by atoms with Gasteiger partial charge in [0.25, 0.3) is 0 Å². The molecule has 2 heteroatoms. The third-order valence-corrected chi connectivity index (χ3v) is 6.07. The standard InChI is InChI=1S/C24H52N2/c1-3-5-7-9-11-13-17-23(21-25)19-15-16-20-24(22-26)18-14-12-10-8-6-4-2/h23-24H,3-22,25-26H2,1-2H3. The van der Waals surface area contributed by atoms with Gasteiger partial charge in [-0.3, -0.25) is 0 Å². The summed E-state index contributed by atoms with van der Waals surface area (Å²) in [6, 6.07) is 0. The van der Waals surface area contributed by atoms with Crippen LogP contribution in [0.25, 0.3) is 0 Å². The van der Waals surface area contributed by atoms with Gasteiger partial charge in [0.15, 0.2) is 0 Å². The van der Waals surface area contributed by atoms with Crippen molar-refractivity contribution in [2.24, 2.45) is 23.3 Å². The lowest BCUT2D eigenvalue weighted by atomic mass is 9.91. The molecule has 0 spiro atoms. The Morgan fingerprint density at radius 1 is 0.423 bits per heavy atom. The van der Waals surface area contributed by atoms with E-state index in [4.69, 9.17) is 11.5 Å². The molecule has 158 valence electrons. The van der Waals surface area contributed by atoms with Crippen molar-refractivity contribution >= 4 is 0 Å². The molecule has 0 aliphatic carbocycles. The van der Waals surface area contributed by atoms with Crippen LogP contribution >= 0.6 is 0 Å². The minimum atomic E-state index is 0.760. The average molecular weight is 369 g/mol. The van der Waals surface area contributed by atoms with Gasteiger partial charge in [-0.15, -0.1) is 0 Å². The number of rotatable bonds is 21. The molecule has 0 heterocycles. The molecule has 2 unspecified atom stereocenters. The van der Waals surface area contributed by atoms with Crippen molar-refractivity contribution in [2.75, 3.05) is 13.1 Å². The third kappa shape index (κ3) is 17.3. The zero-order chi connectivity index (χ0) is 19.3. The largest absolute Gasteiger partial charge is 0.330 e. The van der Waals surface area contributed by atoms with Gasteiger partial charge in [-0.2, -0.15) is 0 Å². The van der Waals surface area contributed by atoms with E-state index in [1.807, 2.05) is 0 Å². The van der Waals surface area contributed by atoms with Crippen LogP contribution in [0.15, 0.2) is 0 Å². The first-order chi connectivity index (χ1) is 12.8. The van der Waals surface area contributed by atoms with E-state index in [1.54, 1.807) is 0 Å². The van der Waals surface area contributed by atoms with Crippen molar-refractivity contribution in [3.8, 4) is 0 Å². The minimum absolute atomic E-state index is 0.760. The van der Waals surface area contributed by atoms with E-state index in [0.29, 0.717) is 0 Å². The summed E-state index contributed by atoms with van der Waals surface area (Å²) in [5, 5.41) is 0. The summed E-state index contributed by atoms with van der Waals surface area (Å²) in [7, 11) is 0. The van der Waals surface area contributed by atoms with Crippen LogP contribution in [-0.4, -0.2) is 13.1 Å². The lowest BCUT2D eigenvalue weighted by molar-refractivity contribution is 0.380. The fourth-order valence-corrected chi connectivity index (χ4v) is 4.05. The Kier molecular flexibility index (Phi) is 21.2. The second-order valence-electron chi connectivity index (χ2n) is 8.60. The highest BCUT2D eigenvalue weighted by Crippen LogP contribution is 2.21. The Morgan fingerprint density at radius 3 is 1.00 bits per heavy atom. The Hall–Kier alpha value is -0.0800. The maximum Gasteiger partial charge on any atom is -0.00489 e. The topological polar surface area (TPSA) is 52.0 Å². The summed E-state index contributed by atoms with van der Waals surface area (Å²) in [6.07, 6.45) is 24.8. The molecule has 0 aliphatic heterocycles. The lowest BCUT2D eigenvalue weighted by Gasteiger charge is -2.17. The van der Waals surface area contributed by atoms with Crippen LogP contribution in [0.5, 0.6) is 0 Å². The third-order valence-electron chi connectivity index (χ3n) is 6.07. The van der Waals surface area contributed by atoms with Crippen molar-refractivity contribution in [3.05, 3.63) is 0 Å². The first-order valence-corrected chi connectivity index (χ1v) is 12.2. The highest BCUT2D eigenvalue weighted by Gasteiger charge is 2.09. The van der Waals surface area contributed by atoms with E-state index in [9.17, 15) is 0 Å². The van der Waals surface area contributed by atoms with Gasteiger partial charge in [-0.25, -0.2) is 0 Å². The molecular formula is C24H52N2. The first kappa shape index (κ1) is 25.9. The molecular weight excluding hydrogens is 316 g/mol. The molecule has 0 bridgehead atoms. The van der Waals surface area contributed by atoms with Crippen molar-refractivity contribution in [3.63, 3.8) is 0 Å². The minimum Gasteiger partial charge on any atom is -0.330 e. The monoisotopic (exact) mass is 368 g/mol. The maximum absolute atomic E-state index is 6.00. The van der Waals surface area contributed by atoms with Gasteiger partial charge in [0, 0.05) is 0 Å². The molecule has 0 aromatic rings. The van der Waals surface area contributed by atoms with Gasteiger partial charge in [0.05, 0.1) is 0 Å². The van der Waals surface area contributed by atoms with Crippen LogP contribution in [0.2, 0.25) is 0 Å². The van der Waals surface area contributed by atoms with Crippen LogP contribution in [0.1, 0.15) is 129 Å². The lowest BCUT2D eigenvalue weighted by Crippen LogP contribution is -2.16. The van der Waals surface area contributed by atoms with E-state index in [0.717, 1.165) is 24.9 Å². The van der Waals surface area contributed by atoms with E-state index in [1.165, 1.54) is 116 Å². The summed E-state index contributed by atoms with van der Waals surface area (Å²) in [5.74, 6) is 1.52. The Labute approximate surface area is 166 Å². The van der Waals surface area contributed by atoms with Gasteiger partial charge in [-0.1, -0.05) is 104 Å². The summed E-state index contributed by atoms with van der Waals surface area (Å²) >= 11 is 0. The van der Waals surface area contributed by atoms with E-state index in [2.05, 4.69) is 13.8 Å². The normalized spacial score (nSPS) is 13.8. The van der Waals surface area contributed by atoms with Crippen LogP contribution in [0, 0.1) is 11.8 Å². The molecule has 0 aliphatic rings. The molecule has 0 fully saturated rings. The zero-order valence-corrected chi connectivity index (χ0v) is 18.5. The average Bonchev–Trinajstić information content (AvgIpc) is 2.67. The van der Waals surface area contributed by atoms with E-state index < -0.39 is 0 Å². The quantitative estimate of drug-likeness (QED) is 0.210. The van der Waals surface area contributed by atoms with E-state index in [-0.39, 0.29) is 0 Å². The maximum atomic E-state index is 6.00. The number of unbranched alkanes of at least 4 members (excludes halogenated alkanes) is 11. The number of hydrogen-bond donors (Lipinski definition) is 2. The van der Waals surface area contributed by atoms with Gasteiger partial charge in [0.2, 0.25) is 0 Å². The van der Waals surface area contributed by atoms with Crippen molar-refractivity contribution in [2.45, 2.75) is 129 Å². The molecule has 0 radical (unpaired) electrons.